The van der Waals surface area contributed by atoms with Gasteiger partial charge in [0.15, 0.2) is 0 Å². The normalized spacial score (nSPS) is 15.7. The largest absolute Gasteiger partial charge is 0.292 e. The van der Waals surface area contributed by atoms with Gasteiger partial charge in [0.1, 0.15) is 4.32 Å². The Labute approximate surface area is 203 Å². The zero-order valence-corrected chi connectivity index (χ0v) is 20.4. The van der Waals surface area contributed by atoms with Gasteiger partial charge in [-0.1, -0.05) is 70.2 Å². The molecule has 4 rings (SSSR count). The highest BCUT2D eigenvalue weighted by atomic mass is 79.9. The molecule has 3 aromatic rings. The van der Waals surface area contributed by atoms with Gasteiger partial charge in [-0.25, -0.2) is 4.68 Å². The zero-order chi connectivity index (χ0) is 22.9. The van der Waals surface area contributed by atoms with E-state index in [1.54, 1.807) is 10.8 Å². The van der Waals surface area contributed by atoms with E-state index >= 15 is 0 Å². The first-order valence-electron chi connectivity index (χ1n) is 9.33. The van der Waals surface area contributed by atoms with Crippen molar-refractivity contribution < 1.29 is 17.8 Å². The van der Waals surface area contributed by atoms with Crippen molar-refractivity contribution in [3.8, 4) is 16.9 Å². The Morgan fingerprint density at radius 2 is 1.81 bits per heavy atom. The molecule has 0 spiro atoms. The number of rotatable bonds is 6. The average Bonchev–Trinajstić information content (AvgIpc) is 3.28. The van der Waals surface area contributed by atoms with Crippen molar-refractivity contribution >= 4 is 66.3 Å². The molecule has 11 heteroatoms. The Bertz CT molecular complexity index is 1320. The van der Waals surface area contributed by atoms with Crippen LogP contribution in [-0.2, 0) is 14.9 Å². The predicted octanol–water partition coefficient (Wildman–Crippen LogP) is 4.39. The van der Waals surface area contributed by atoms with Crippen LogP contribution in [0.15, 0.2) is 70.0 Å². The minimum atomic E-state index is -4.21. The summed E-state index contributed by atoms with van der Waals surface area (Å²) in [6, 6.07) is 19.1. The lowest BCUT2D eigenvalue weighted by atomic mass is 10.1. The van der Waals surface area contributed by atoms with Gasteiger partial charge in [0.25, 0.3) is 16.0 Å². The quantitative estimate of drug-likeness (QED) is 0.277. The third kappa shape index (κ3) is 5.18. The highest BCUT2D eigenvalue weighted by Gasteiger charge is 2.33. The smallest absolute Gasteiger partial charge is 0.266 e. The molecule has 164 valence electrons. The van der Waals surface area contributed by atoms with Crippen LogP contribution in [0.1, 0.15) is 5.69 Å². The molecule has 1 aromatic heterocycles. The van der Waals surface area contributed by atoms with E-state index < -0.39 is 21.8 Å². The Hall–Kier alpha value is -2.31. The molecule has 1 aliphatic rings. The third-order valence-corrected chi connectivity index (χ3v) is 7.21. The van der Waals surface area contributed by atoms with Crippen LogP contribution < -0.4 is 0 Å². The number of hydrogen-bond donors (Lipinski definition) is 1. The summed E-state index contributed by atoms with van der Waals surface area (Å²) in [4.78, 5) is 14.4. The molecule has 1 N–H and O–H groups in total. The molecule has 32 heavy (non-hydrogen) atoms. The van der Waals surface area contributed by atoms with Crippen LogP contribution in [0.25, 0.3) is 23.0 Å². The van der Waals surface area contributed by atoms with Gasteiger partial charge in [-0.2, -0.15) is 13.5 Å². The Balaban J connectivity index is 1.72. The fourth-order valence-electron chi connectivity index (χ4n) is 3.07. The summed E-state index contributed by atoms with van der Waals surface area (Å²) in [5.74, 6) is -0.989. The second-order valence-corrected chi connectivity index (χ2v) is 11.0. The monoisotopic (exact) mass is 549 g/mol. The second-order valence-electron chi connectivity index (χ2n) is 6.83. The molecule has 1 amide bonds. The second kappa shape index (κ2) is 9.28. The van der Waals surface area contributed by atoms with E-state index in [2.05, 4.69) is 15.9 Å². The van der Waals surface area contributed by atoms with Crippen LogP contribution in [-0.4, -0.2) is 50.2 Å². The van der Waals surface area contributed by atoms with Crippen molar-refractivity contribution in [2.45, 2.75) is 0 Å². The average molecular weight is 550 g/mol. The molecule has 0 bridgehead atoms. The van der Waals surface area contributed by atoms with Gasteiger partial charge in [0.2, 0.25) is 0 Å². The maximum Gasteiger partial charge on any atom is 0.266 e. The number of para-hydroxylation sites is 1. The molecule has 2 heterocycles. The van der Waals surface area contributed by atoms with E-state index in [4.69, 9.17) is 21.9 Å². The summed E-state index contributed by atoms with van der Waals surface area (Å²) in [6.07, 6.45) is 1.69. The minimum Gasteiger partial charge on any atom is -0.292 e. The lowest BCUT2D eigenvalue weighted by molar-refractivity contribution is -0.121. The molecular weight excluding hydrogens is 534 g/mol. The maximum absolute atomic E-state index is 12.8. The molecule has 1 saturated heterocycles. The summed E-state index contributed by atoms with van der Waals surface area (Å²) in [6.45, 7) is -0.205. The molecule has 0 saturated carbocycles. The van der Waals surface area contributed by atoms with Crippen LogP contribution in [0.2, 0.25) is 0 Å². The summed E-state index contributed by atoms with van der Waals surface area (Å²) in [5, 5.41) is 4.73. The number of thiocarbonyl (C=S) groups is 1. The van der Waals surface area contributed by atoms with Gasteiger partial charge in [-0.05, 0) is 36.4 Å². The number of aromatic nitrogens is 2. The molecule has 0 unspecified atom stereocenters. The molecular formula is C21H16BrN3O4S3. The SMILES string of the molecule is O=C1C(=Cc2cc(-c3ccc(Br)cc3)nn2-c2ccccc2)SC(=S)N1CCS(=O)(=O)O. The van der Waals surface area contributed by atoms with Crippen LogP contribution >= 0.6 is 39.9 Å². The molecule has 0 atom stereocenters. The number of halogens is 1. The Kier molecular flexibility index (Phi) is 6.63. The third-order valence-electron chi connectivity index (χ3n) is 4.60. The molecule has 0 radical (unpaired) electrons. The lowest BCUT2D eigenvalue weighted by Crippen LogP contribution is -2.32. The van der Waals surface area contributed by atoms with E-state index in [-0.39, 0.29) is 10.9 Å². The van der Waals surface area contributed by atoms with E-state index in [1.165, 1.54) is 4.90 Å². The number of carbonyl (C=O) groups excluding carboxylic acids is 1. The predicted molar refractivity (Wildman–Crippen MR) is 133 cm³/mol. The van der Waals surface area contributed by atoms with Gasteiger partial charge < -0.3 is 0 Å². The first kappa shape index (κ1) is 22.9. The van der Waals surface area contributed by atoms with Crippen molar-refractivity contribution in [3.05, 3.63) is 75.7 Å². The first-order chi connectivity index (χ1) is 15.2. The van der Waals surface area contributed by atoms with Crippen molar-refractivity contribution in [2.24, 2.45) is 0 Å². The van der Waals surface area contributed by atoms with Crippen molar-refractivity contribution in [3.63, 3.8) is 0 Å². The first-order valence-corrected chi connectivity index (χ1v) is 13.0. The molecule has 7 nitrogen and oxygen atoms in total. The van der Waals surface area contributed by atoms with Gasteiger partial charge in [-0.3, -0.25) is 14.2 Å². The van der Waals surface area contributed by atoms with Crippen molar-refractivity contribution in [2.75, 3.05) is 12.3 Å². The minimum absolute atomic E-state index is 0.205. The van der Waals surface area contributed by atoms with Crippen LogP contribution in [0.4, 0.5) is 0 Å². The van der Waals surface area contributed by atoms with E-state index in [9.17, 15) is 13.2 Å². The number of carbonyl (C=O) groups is 1. The number of nitrogens with zero attached hydrogens (tertiary/aromatic N) is 3. The van der Waals surface area contributed by atoms with Crippen LogP contribution in [0.5, 0.6) is 0 Å². The summed E-state index contributed by atoms with van der Waals surface area (Å²) < 4.78 is 34.1. The zero-order valence-electron chi connectivity index (χ0n) is 16.4. The molecule has 1 aliphatic heterocycles. The highest BCUT2D eigenvalue weighted by molar-refractivity contribution is 9.10. The Morgan fingerprint density at radius 1 is 1.12 bits per heavy atom. The van der Waals surface area contributed by atoms with Crippen molar-refractivity contribution in [1.82, 2.24) is 14.7 Å². The summed E-state index contributed by atoms with van der Waals surface area (Å²) in [7, 11) is -4.21. The highest BCUT2D eigenvalue weighted by Crippen LogP contribution is 2.33. The fraction of sp³-hybridized carbons (Fsp3) is 0.0952. The molecule has 1 fully saturated rings. The van der Waals surface area contributed by atoms with Gasteiger partial charge in [0.05, 0.1) is 27.7 Å². The topological polar surface area (TPSA) is 92.5 Å². The van der Waals surface area contributed by atoms with Gasteiger partial charge >= 0.3 is 0 Å². The summed E-state index contributed by atoms with van der Waals surface area (Å²) >= 11 is 9.76. The van der Waals surface area contributed by atoms with Gasteiger partial charge in [0, 0.05) is 16.6 Å². The van der Waals surface area contributed by atoms with Crippen LogP contribution in [0, 0.1) is 0 Å². The number of hydrogen-bond acceptors (Lipinski definition) is 6. The van der Waals surface area contributed by atoms with E-state index in [0.717, 1.165) is 33.2 Å². The van der Waals surface area contributed by atoms with E-state index in [0.29, 0.717) is 10.6 Å². The fourth-order valence-corrected chi connectivity index (χ4v) is 5.04. The molecule has 2 aromatic carbocycles. The lowest BCUT2D eigenvalue weighted by Gasteiger charge is -2.12. The van der Waals surface area contributed by atoms with Crippen LogP contribution in [0.3, 0.4) is 0 Å². The van der Waals surface area contributed by atoms with Crippen molar-refractivity contribution in [1.29, 1.82) is 0 Å². The number of thioether (sulfide) groups is 1. The number of amides is 1. The maximum atomic E-state index is 12.8. The number of benzene rings is 2. The summed E-state index contributed by atoms with van der Waals surface area (Å²) in [5.41, 5.74) is 3.14. The standard InChI is InChI=1S/C21H16BrN3O4S3/c22-15-8-6-14(7-9-15)18-12-17(25(23-18)16-4-2-1-3-5-16)13-19-20(26)24(21(30)31-19)10-11-32(27,28)29/h1-9,12-13H,10-11H2,(H,27,28,29). The molecule has 0 aliphatic carbocycles. The van der Waals surface area contributed by atoms with E-state index in [1.807, 2.05) is 60.7 Å². The van der Waals surface area contributed by atoms with Gasteiger partial charge in [-0.15, -0.1) is 0 Å². The Morgan fingerprint density at radius 3 is 2.47 bits per heavy atom.